The van der Waals surface area contributed by atoms with Crippen molar-refractivity contribution in [2.75, 3.05) is 0 Å². The number of hydrogen-bond donors (Lipinski definition) is 0. The third kappa shape index (κ3) is 19.5. The van der Waals surface area contributed by atoms with Gasteiger partial charge in [0.1, 0.15) is 0 Å². The predicted octanol–water partition coefficient (Wildman–Crippen LogP) is 8.21. The molecule has 0 aliphatic rings. The number of nitrogens with zero attached hydrogens (tertiary/aromatic N) is 4. The zero-order chi connectivity index (χ0) is 25.9. The molecule has 3 aromatic rings. The fourth-order valence-electron chi connectivity index (χ4n) is 2.84. The summed E-state index contributed by atoms with van der Waals surface area (Å²) in [7, 11) is -10.7. The van der Waals surface area contributed by atoms with Crippen molar-refractivity contribution in [3.8, 4) is 6.07 Å². The quantitative estimate of drug-likeness (QED) is 0.171. The molecule has 0 saturated carbocycles. The maximum Gasteiger partial charge on any atom is 2.00 e. The minimum Gasteiger partial charge on any atom is 2.00 e. The molecule has 2 heterocycles. The van der Waals surface area contributed by atoms with Crippen LogP contribution in [0.15, 0.2) is 66.7 Å². The van der Waals surface area contributed by atoms with E-state index >= 15 is 0 Å². The van der Waals surface area contributed by atoms with Gasteiger partial charge < -0.3 is 0 Å². The molecule has 4 nitrogen and oxygen atoms in total. The summed E-state index contributed by atoms with van der Waals surface area (Å²) >= 11 is 0. The predicted molar refractivity (Wildman–Crippen MR) is 122 cm³/mol. The minimum absolute atomic E-state index is 0. The van der Waals surface area contributed by atoms with Crippen LogP contribution >= 0.6 is 7.81 Å². The summed E-state index contributed by atoms with van der Waals surface area (Å²) in [4.78, 5) is 11.7. The average Bonchev–Trinajstić information content (AvgIpc) is 2.67. The molecule has 0 amide bonds. The van der Waals surface area contributed by atoms with Crippen molar-refractivity contribution in [3.05, 3.63) is 95.1 Å². The minimum atomic E-state index is -10.7. The molecular formula is C23H26CuF6N4P+. The van der Waals surface area contributed by atoms with Crippen LogP contribution in [-0.4, -0.2) is 14.9 Å². The molecule has 1 radical (unpaired) electrons. The molecule has 0 aliphatic heterocycles. The van der Waals surface area contributed by atoms with Gasteiger partial charge in [0.05, 0.1) is 17.5 Å². The van der Waals surface area contributed by atoms with Gasteiger partial charge in [0, 0.05) is 37.9 Å². The van der Waals surface area contributed by atoms with E-state index in [-0.39, 0.29) is 17.1 Å². The van der Waals surface area contributed by atoms with Crippen LogP contribution in [0.5, 0.6) is 0 Å². The molecule has 12 heteroatoms. The summed E-state index contributed by atoms with van der Waals surface area (Å²) in [5.41, 5.74) is 5.61. The van der Waals surface area contributed by atoms with Gasteiger partial charge in [-0.2, -0.15) is 5.26 Å². The Labute approximate surface area is 211 Å². The number of aryl methyl sites for hydroxylation is 2. The number of nitriles is 1. The molecule has 0 aliphatic carbocycles. The summed E-state index contributed by atoms with van der Waals surface area (Å²) in [6, 6.07) is 24.7. The van der Waals surface area contributed by atoms with Crippen molar-refractivity contribution in [1.29, 1.82) is 5.26 Å². The Kier molecular flexibility index (Phi) is 12.1. The van der Waals surface area contributed by atoms with Gasteiger partial charge in [-0.05, 0) is 43.7 Å². The fourth-order valence-corrected chi connectivity index (χ4v) is 2.84. The van der Waals surface area contributed by atoms with Crippen LogP contribution in [0, 0.1) is 25.2 Å². The van der Waals surface area contributed by atoms with E-state index in [9.17, 15) is 25.2 Å². The second-order valence-corrected chi connectivity index (χ2v) is 9.27. The third-order valence-electron chi connectivity index (χ3n) is 3.91. The Hall–Kier alpha value is -2.50. The normalized spacial score (nSPS) is 12.4. The topological polar surface area (TPSA) is 52.8 Å². The number of aromatic nitrogens is 2. The van der Waals surface area contributed by atoms with E-state index in [1.807, 2.05) is 26.0 Å². The van der Waals surface area contributed by atoms with Crippen LogP contribution < -0.4 is 0 Å². The van der Waals surface area contributed by atoms with Gasteiger partial charge in [-0.25, -0.2) is 0 Å². The van der Waals surface area contributed by atoms with Gasteiger partial charge in [-0.3, -0.25) is 14.9 Å². The molecular weight excluding hydrogens is 541 g/mol. The van der Waals surface area contributed by atoms with Gasteiger partial charge in [-0.1, -0.05) is 42.5 Å². The van der Waals surface area contributed by atoms with E-state index in [1.54, 1.807) is 6.07 Å². The van der Waals surface area contributed by atoms with Crippen LogP contribution in [0.3, 0.4) is 0 Å². The maximum absolute atomic E-state index is 10.7. The number of halogens is 6. The zero-order valence-electron chi connectivity index (χ0n) is 19.3. The fraction of sp³-hybridized carbons (Fsp3) is 0.261. The second-order valence-electron chi connectivity index (χ2n) is 7.35. The molecule has 3 rings (SSSR count). The molecule has 0 unspecified atom stereocenters. The molecule has 0 spiro atoms. The maximum atomic E-state index is 9.87. The Morgan fingerprint density at radius 1 is 0.714 bits per heavy atom. The first-order chi connectivity index (χ1) is 15.6. The Balaban J connectivity index is 0.000000898. The van der Waals surface area contributed by atoms with E-state index in [0.717, 1.165) is 42.4 Å². The number of hydrogen-bond acceptors (Lipinski definition) is 4. The van der Waals surface area contributed by atoms with Gasteiger partial charge in [-0.15, -0.1) is 0 Å². The van der Waals surface area contributed by atoms with Crippen LogP contribution in [0.1, 0.15) is 35.3 Å². The second kappa shape index (κ2) is 13.0. The molecule has 0 N–H and O–H groups in total. The number of rotatable bonds is 6. The smallest absolute Gasteiger partial charge is 2.00 e. The summed E-state index contributed by atoms with van der Waals surface area (Å²) in [5.74, 6) is 0. The van der Waals surface area contributed by atoms with Crippen molar-refractivity contribution in [2.24, 2.45) is 0 Å². The SMILES string of the molecule is CC#N.Cc1cccc(CN(Cc2ccccc2)Cc2cccc(C)n2)n1.F[P-](F)(F)(F)(F)F.[Cu+2]. The van der Waals surface area contributed by atoms with Crippen molar-refractivity contribution in [1.82, 2.24) is 14.9 Å². The number of pyridine rings is 2. The van der Waals surface area contributed by atoms with Crippen LogP contribution in [0.4, 0.5) is 25.2 Å². The summed E-state index contributed by atoms with van der Waals surface area (Å²) < 4.78 is 59.2. The molecule has 1 aromatic carbocycles. The summed E-state index contributed by atoms with van der Waals surface area (Å²) in [6.07, 6.45) is 0. The van der Waals surface area contributed by atoms with E-state index in [1.165, 1.54) is 12.5 Å². The first kappa shape index (κ1) is 32.5. The van der Waals surface area contributed by atoms with E-state index in [0.29, 0.717) is 0 Å². The molecule has 195 valence electrons. The van der Waals surface area contributed by atoms with Crippen molar-refractivity contribution in [2.45, 2.75) is 40.4 Å². The largest absolute Gasteiger partial charge is 2.00 e. The van der Waals surface area contributed by atoms with E-state index < -0.39 is 7.81 Å². The Morgan fingerprint density at radius 2 is 1.09 bits per heavy atom. The number of benzene rings is 1. The molecule has 0 saturated heterocycles. The average molecular weight is 567 g/mol. The summed E-state index contributed by atoms with van der Waals surface area (Å²) in [6.45, 7) is 8.00. The van der Waals surface area contributed by atoms with E-state index in [4.69, 9.17) is 5.26 Å². The molecule has 0 atom stereocenters. The Bertz CT molecular complexity index is 1030. The monoisotopic (exact) mass is 566 g/mol. The summed E-state index contributed by atoms with van der Waals surface area (Å²) in [5, 5.41) is 7.32. The van der Waals surface area contributed by atoms with Crippen LogP contribution in [0.2, 0.25) is 0 Å². The van der Waals surface area contributed by atoms with Gasteiger partial charge >= 0.3 is 50.1 Å². The third-order valence-corrected chi connectivity index (χ3v) is 3.91. The van der Waals surface area contributed by atoms with Crippen LogP contribution in [-0.2, 0) is 36.7 Å². The first-order valence-electron chi connectivity index (χ1n) is 10.0. The first-order valence-corrected chi connectivity index (χ1v) is 12.1. The molecule has 0 bridgehead atoms. The molecule has 0 fully saturated rings. The van der Waals surface area contributed by atoms with Gasteiger partial charge in [0.15, 0.2) is 0 Å². The van der Waals surface area contributed by atoms with Gasteiger partial charge in [0.25, 0.3) is 0 Å². The van der Waals surface area contributed by atoms with Gasteiger partial charge in [0.2, 0.25) is 0 Å². The molecule has 2 aromatic heterocycles. The Morgan fingerprint density at radius 3 is 1.43 bits per heavy atom. The van der Waals surface area contributed by atoms with Crippen molar-refractivity contribution < 1.29 is 42.3 Å². The van der Waals surface area contributed by atoms with Crippen LogP contribution in [0.25, 0.3) is 0 Å². The van der Waals surface area contributed by atoms with Crippen molar-refractivity contribution >= 4 is 7.81 Å². The standard InChI is InChI=1S/C21H23N3.C2H3N.Cu.F6P/c1-17-8-6-12-20(22-17)15-24(14-19-10-4-3-5-11-19)16-21-13-7-9-18(2)23-21;1-2-3;;1-7(2,3,4,5)6/h3-13H,14-16H2,1-2H3;1H3;;/q;;+2;-1. The van der Waals surface area contributed by atoms with Crippen molar-refractivity contribution in [3.63, 3.8) is 0 Å². The molecule has 35 heavy (non-hydrogen) atoms. The zero-order valence-corrected chi connectivity index (χ0v) is 21.1. The van der Waals surface area contributed by atoms with E-state index in [2.05, 4.69) is 69.5 Å².